The van der Waals surface area contributed by atoms with E-state index in [4.69, 9.17) is 0 Å². The Labute approximate surface area is 116 Å². The van der Waals surface area contributed by atoms with E-state index in [2.05, 4.69) is 16.4 Å². The van der Waals surface area contributed by atoms with Crippen molar-refractivity contribution in [1.82, 2.24) is 10.3 Å². The molecular formula is C14H14N4O2. The molecular weight excluding hydrogens is 256 g/mol. The van der Waals surface area contributed by atoms with Gasteiger partial charge in [-0.2, -0.15) is 0 Å². The van der Waals surface area contributed by atoms with Crippen molar-refractivity contribution in [2.45, 2.75) is 6.54 Å². The topological polar surface area (TPSA) is 71.3 Å². The lowest BCUT2D eigenvalue weighted by molar-refractivity contribution is -0.384. The molecule has 102 valence electrons. The summed E-state index contributed by atoms with van der Waals surface area (Å²) in [5, 5.41) is 14.2. The number of aromatic nitrogens is 1. The van der Waals surface area contributed by atoms with Gasteiger partial charge in [-0.25, -0.2) is 4.98 Å². The van der Waals surface area contributed by atoms with Crippen LogP contribution in [0.15, 0.2) is 42.6 Å². The average molecular weight is 270 g/mol. The molecule has 3 rings (SSSR count). The quantitative estimate of drug-likeness (QED) is 0.669. The van der Waals surface area contributed by atoms with Gasteiger partial charge in [0.15, 0.2) is 0 Å². The number of anilines is 2. The molecule has 0 amide bonds. The van der Waals surface area contributed by atoms with E-state index in [1.165, 1.54) is 23.9 Å². The molecule has 1 aliphatic heterocycles. The fourth-order valence-electron chi connectivity index (χ4n) is 2.36. The minimum absolute atomic E-state index is 0.0599. The number of hydrogen-bond acceptors (Lipinski definition) is 5. The van der Waals surface area contributed by atoms with Gasteiger partial charge in [-0.3, -0.25) is 10.1 Å². The van der Waals surface area contributed by atoms with Gasteiger partial charge in [0.1, 0.15) is 5.82 Å². The number of nitrogens with zero attached hydrogens (tertiary/aromatic N) is 3. The summed E-state index contributed by atoms with van der Waals surface area (Å²) in [5.41, 5.74) is 2.27. The highest BCUT2D eigenvalue weighted by atomic mass is 16.6. The van der Waals surface area contributed by atoms with Crippen LogP contribution in [0.5, 0.6) is 0 Å². The van der Waals surface area contributed by atoms with E-state index in [1.807, 2.05) is 23.1 Å². The third kappa shape index (κ3) is 2.33. The molecule has 1 aromatic heterocycles. The molecule has 1 aliphatic rings. The molecule has 0 radical (unpaired) electrons. The molecule has 0 unspecified atom stereocenters. The second kappa shape index (κ2) is 5.26. The molecule has 0 atom stereocenters. The fourth-order valence-corrected chi connectivity index (χ4v) is 2.36. The van der Waals surface area contributed by atoms with Crippen molar-refractivity contribution in [3.8, 4) is 0 Å². The molecule has 6 heteroatoms. The third-order valence-electron chi connectivity index (χ3n) is 3.33. The number of nitro groups is 1. The first-order valence-electron chi connectivity index (χ1n) is 6.42. The van der Waals surface area contributed by atoms with Gasteiger partial charge >= 0.3 is 0 Å². The summed E-state index contributed by atoms with van der Waals surface area (Å²) in [6, 6.07) is 11.0. The molecule has 0 saturated carbocycles. The Morgan fingerprint density at radius 2 is 2.15 bits per heavy atom. The lowest BCUT2D eigenvalue weighted by Gasteiger charge is -2.23. The molecule has 6 nitrogen and oxygen atoms in total. The largest absolute Gasteiger partial charge is 0.325 e. The Kier molecular flexibility index (Phi) is 3.30. The predicted molar refractivity (Wildman–Crippen MR) is 76.0 cm³/mol. The van der Waals surface area contributed by atoms with Crippen molar-refractivity contribution in [1.29, 1.82) is 0 Å². The van der Waals surface area contributed by atoms with Gasteiger partial charge in [0.05, 0.1) is 11.0 Å². The van der Waals surface area contributed by atoms with Gasteiger partial charge in [0.25, 0.3) is 5.69 Å². The second-order valence-electron chi connectivity index (χ2n) is 4.59. The lowest BCUT2D eigenvalue weighted by atomic mass is 10.1. The highest BCUT2D eigenvalue weighted by Gasteiger charge is 2.18. The van der Waals surface area contributed by atoms with Crippen LogP contribution in [0, 0.1) is 10.1 Å². The van der Waals surface area contributed by atoms with E-state index in [0.29, 0.717) is 5.82 Å². The smallest absolute Gasteiger partial charge is 0.274 e. The van der Waals surface area contributed by atoms with E-state index in [1.54, 1.807) is 0 Å². The molecule has 20 heavy (non-hydrogen) atoms. The Balaban J connectivity index is 2.05. The maximum absolute atomic E-state index is 10.9. The highest BCUT2D eigenvalue weighted by molar-refractivity contribution is 5.65. The van der Waals surface area contributed by atoms with Crippen LogP contribution >= 0.6 is 0 Å². The van der Waals surface area contributed by atoms with Crippen LogP contribution in [0.1, 0.15) is 5.56 Å². The minimum Gasteiger partial charge on any atom is -0.325 e. The maximum atomic E-state index is 10.9. The lowest BCUT2D eigenvalue weighted by Crippen LogP contribution is -2.25. The number of para-hydroxylation sites is 1. The molecule has 0 aliphatic carbocycles. The van der Waals surface area contributed by atoms with Gasteiger partial charge in [0.2, 0.25) is 0 Å². The van der Waals surface area contributed by atoms with Crippen molar-refractivity contribution in [3.05, 3.63) is 58.3 Å². The van der Waals surface area contributed by atoms with Crippen molar-refractivity contribution in [3.63, 3.8) is 0 Å². The Bertz CT molecular complexity index is 645. The average Bonchev–Trinajstić information content (AvgIpc) is 2.69. The number of fused-ring (bicyclic) bond motifs is 1. The van der Waals surface area contributed by atoms with Crippen molar-refractivity contribution in [2.24, 2.45) is 0 Å². The summed E-state index contributed by atoms with van der Waals surface area (Å²) >= 11 is 0. The van der Waals surface area contributed by atoms with Crippen LogP contribution in [0.25, 0.3) is 0 Å². The molecule has 0 spiro atoms. The first-order valence-corrected chi connectivity index (χ1v) is 6.42. The maximum Gasteiger partial charge on any atom is 0.274 e. The zero-order chi connectivity index (χ0) is 13.9. The van der Waals surface area contributed by atoms with Crippen LogP contribution in [0.2, 0.25) is 0 Å². The number of hydrogen-bond donors (Lipinski definition) is 1. The zero-order valence-corrected chi connectivity index (χ0v) is 10.8. The second-order valence-corrected chi connectivity index (χ2v) is 4.59. The Hall–Kier alpha value is -2.47. The minimum atomic E-state index is -0.396. The Morgan fingerprint density at radius 3 is 3.00 bits per heavy atom. The van der Waals surface area contributed by atoms with E-state index in [9.17, 15) is 10.1 Å². The van der Waals surface area contributed by atoms with Crippen molar-refractivity contribution in [2.75, 3.05) is 18.0 Å². The summed E-state index contributed by atoms with van der Waals surface area (Å²) in [6.45, 7) is 2.33. The molecule has 2 heterocycles. The highest BCUT2D eigenvalue weighted by Crippen LogP contribution is 2.29. The van der Waals surface area contributed by atoms with Gasteiger partial charge in [-0.1, -0.05) is 18.2 Å². The van der Waals surface area contributed by atoms with E-state index < -0.39 is 4.92 Å². The number of benzene rings is 1. The van der Waals surface area contributed by atoms with E-state index in [-0.39, 0.29) is 5.69 Å². The number of rotatable bonds is 2. The van der Waals surface area contributed by atoms with Gasteiger partial charge in [0, 0.05) is 37.6 Å². The van der Waals surface area contributed by atoms with Gasteiger partial charge < -0.3 is 10.2 Å². The van der Waals surface area contributed by atoms with Crippen LogP contribution in [0.3, 0.4) is 0 Å². The molecule has 0 bridgehead atoms. The summed E-state index contributed by atoms with van der Waals surface area (Å²) < 4.78 is 0. The van der Waals surface area contributed by atoms with E-state index in [0.717, 1.165) is 25.3 Å². The van der Waals surface area contributed by atoms with E-state index >= 15 is 0 Å². The number of pyridine rings is 1. The summed E-state index contributed by atoms with van der Waals surface area (Å²) in [6.07, 6.45) is 1.48. The van der Waals surface area contributed by atoms with Gasteiger partial charge in [-0.15, -0.1) is 0 Å². The fraction of sp³-hybridized carbons (Fsp3) is 0.214. The van der Waals surface area contributed by atoms with Crippen LogP contribution < -0.4 is 10.2 Å². The Morgan fingerprint density at radius 1 is 1.30 bits per heavy atom. The van der Waals surface area contributed by atoms with Crippen LogP contribution in [0.4, 0.5) is 17.2 Å². The summed E-state index contributed by atoms with van der Waals surface area (Å²) in [5.74, 6) is 0.607. The monoisotopic (exact) mass is 270 g/mol. The zero-order valence-electron chi connectivity index (χ0n) is 10.8. The molecule has 1 N–H and O–H groups in total. The standard InChI is InChI=1S/C14H14N4O2/c19-18(20)12-5-6-16-14(9-12)17-8-7-15-10-11-3-1-2-4-13(11)17/h1-6,9,15H,7-8,10H2. The number of nitrogens with one attached hydrogen (secondary N) is 1. The predicted octanol–water partition coefficient (Wildman–Crippen LogP) is 2.23. The third-order valence-corrected chi connectivity index (χ3v) is 3.33. The normalized spacial score (nSPS) is 14.5. The molecule has 0 fully saturated rings. The molecule has 2 aromatic rings. The van der Waals surface area contributed by atoms with Crippen LogP contribution in [-0.2, 0) is 6.54 Å². The van der Waals surface area contributed by atoms with Crippen molar-refractivity contribution >= 4 is 17.2 Å². The summed E-state index contributed by atoms with van der Waals surface area (Å²) in [7, 11) is 0. The summed E-state index contributed by atoms with van der Waals surface area (Å²) in [4.78, 5) is 16.8. The molecule has 1 aromatic carbocycles. The van der Waals surface area contributed by atoms with Gasteiger partial charge in [-0.05, 0) is 11.6 Å². The first-order chi connectivity index (χ1) is 9.75. The van der Waals surface area contributed by atoms with Crippen molar-refractivity contribution < 1.29 is 4.92 Å². The first kappa shape index (κ1) is 12.6. The SMILES string of the molecule is O=[N+]([O-])c1ccnc(N2CCNCc3ccccc32)c1. The molecule has 0 saturated heterocycles. The van der Waals surface area contributed by atoms with Crippen LogP contribution in [-0.4, -0.2) is 23.0 Å².